The fourth-order valence-electron chi connectivity index (χ4n) is 2.10. The van der Waals surface area contributed by atoms with Crippen molar-refractivity contribution in [1.82, 2.24) is 9.97 Å². The average Bonchev–Trinajstić information content (AvgIpc) is 2.90. The van der Waals surface area contributed by atoms with Crippen molar-refractivity contribution >= 4 is 11.7 Å². The number of ether oxygens (including phenoxy) is 1. The van der Waals surface area contributed by atoms with E-state index < -0.39 is 36.9 Å². The van der Waals surface area contributed by atoms with Gasteiger partial charge in [0, 0.05) is 11.8 Å². The van der Waals surface area contributed by atoms with Gasteiger partial charge in [-0.1, -0.05) is 18.2 Å². The van der Waals surface area contributed by atoms with Crippen LogP contribution in [0.4, 0.5) is 5.82 Å². The minimum atomic E-state index is -1.38. The molecule has 4 atom stereocenters. The van der Waals surface area contributed by atoms with Crippen LogP contribution in [0.15, 0.2) is 47.4 Å². The average molecular weight is 365 g/mol. The molecule has 10 heteroatoms. The van der Waals surface area contributed by atoms with Crippen LogP contribution in [0, 0.1) is 0 Å². The first-order valence-electron chi connectivity index (χ1n) is 7.65. The number of H-pyrrole nitrogens is 1. The number of carbonyl (C=O) groups excluding carboxylic acids is 1. The van der Waals surface area contributed by atoms with Crippen LogP contribution in [0.3, 0.4) is 0 Å². The van der Waals surface area contributed by atoms with Gasteiger partial charge in [0.05, 0.1) is 6.61 Å². The van der Waals surface area contributed by atoms with Crippen molar-refractivity contribution in [3.05, 3.63) is 58.6 Å². The van der Waals surface area contributed by atoms with Crippen LogP contribution in [0.5, 0.6) is 0 Å². The Labute approximate surface area is 147 Å². The van der Waals surface area contributed by atoms with Gasteiger partial charge in [0.15, 0.2) is 6.29 Å². The molecule has 0 radical (unpaired) electrons. The zero-order valence-electron chi connectivity index (χ0n) is 13.5. The molecule has 1 saturated heterocycles. The highest BCUT2D eigenvalue weighted by molar-refractivity contribution is 6.03. The summed E-state index contributed by atoms with van der Waals surface area (Å²) in [5.74, 6) is -0.0590. The summed E-state index contributed by atoms with van der Waals surface area (Å²) in [6.07, 6.45) is -3.33. The molecule has 0 bridgehead atoms. The lowest BCUT2D eigenvalue weighted by Gasteiger charge is -2.09. The molecule has 1 fully saturated rings. The number of aromatic amines is 1. The van der Waals surface area contributed by atoms with Gasteiger partial charge in [0.2, 0.25) is 0 Å². The van der Waals surface area contributed by atoms with E-state index in [1.807, 2.05) is 6.07 Å². The number of anilines is 1. The van der Waals surface area contributed by atoms with E-state index in [0.29, 0.717) is 5.56 Å². The van der Waals surface area contributed by atoms with Crippen molar-refractivity contribution in [3.63, 3.8) is 0 Å². The van der Waals surface area contributed by atoms with Gasteiger partial charge in [-0.25, -0.2) is 4.79 Å². The van der Waals surface area contributed by atoms with E-state index in [9.17, 15) is 9.59 Å². The fraction of sp³-hybridized carbons (Fsp3) is 0.312. The highest BCUT2D eigenvalue weighted by Crippen LogP contribution is 2.18. The molecule has 0 spiro atoms. The molecule has 140 valence electrons. The van der Waals surface area contributed by atoms with E-state index in [1.54, 1.807) is 24.3 Å². The third-order valence-corrected chi connectivity index (χ3v) is 3.46. The first-order valence-corrected chi connectivity index (χ1v) is 7.65. The lowest BCUT2D eigenvalue weighted by molar-refractivity contribution is -0.132. The summed E-state index contributed by atoms with van der Waals surface area (Å²) >= 11 is 0. The van der Waals surface area contributed by atoms with E-state index in [0.717, 1.165) is 0 Å². The predicted molar refractivity (Wildman–Crippen MR) is 89.2 cm³/mol. The molecular weight excluding hydrogens is 346 g/mol. The Kier molecular flexibility index (Phi) is 6.95. The Bertz CT molecular complexity index is 768. The summed E-state index contributed by atoms with van der Waals surface area (Å²) in [6.45, 7) is -0.407. The van der Waals surface area contributed by atoms with Crippen LogP contribution >= 0.6 is 0 Å². The number of aromatic nitrogens is 2. The topological polar surface area (TPSA) is 165 Å². The van der Waals surface area contributed by atoms with Gasteiger partial charge >= 0.3 is 5.69 Å². The molecule has 10 nitrogen and oxygen atoms in total. The molecule has 3 rings (SSSR count). The number of carbonyl (C=O) groups is 1. The van der Waals surface area contributed by atoms with Crippen molar-refractivity contribution in [3.8, 4) is 0 Å². The Morgan fingerprint density at radius 3 is 2.35 bits per heavy atom. The highest BCUT2D eigenvalue weighted by atomic mass is 16.6. The van der Waals surface area contributed by atoms with Crippen LogP contribution < -0.4 is 11.0 Å². The van der Waals surface area contributed by atoms with E-state index in [-0.39, 0.29) is 11.7 Å². The standard InChI is InChI=1S/C11H9N3O2.C5H10O5/c15-10(8-4-2-1-3-5-8)13-9-6-7-12-11(16)14-9;6-1-2-3(7)4(8)5(9)10-2/h1-7H,(H2,12,13,14,15,16);2-9H,1H2/t;2-,3-,4+,5-/m.1/s1. The molecule has 1 aliphatic heterocycles. The summed E-state index contributed by atoms with van der Waals surface area (Å²) in [4.78, 5) is 28.5. The number of rotatable bonds is 3. The predicted octanol–water partition coefficient (Wildman–Crippen LogP) is -1.56. The monoisotopic (exact) mass is 365 g/mol. The van der Waals surface area contributed by atoms with Crippen molar-refractivity contribution < 1.29 is 30.0 Å². The zero-order valence-corrected chi connectivity index (χ0v) is 13.5. The summed E-state index contributed by atoms with van der Waals surface area (Å²) in [7, 11) is 0. The molecule has 1 aromatic heterocycles. The molecule has 0 unspecified atom stereocenters. The normalized spacial score (nSPS) is 24.5. The molecular formula is C16H19N3O7. The van der Waals surface area contributed by atoms with Gasteiger partial charge in [-0.2, -0.15) is 4.98 Å². The Morgan fingerprint density at radius 2 is 1.85 bits per heavy atom. The van der Waals surface area contributed by atoms with Crippen LogP contribution in [-0.4, -0.2) is 67.5 Å². The molecule has 6 N–H and O–H groups in total. The van der Waals surface area contributed by atoms with E-state index >= 15 is 0 Å². The van der Waals surface area contributed by atoms with Crippen molar-refractivity contribution in [2.45, 2.75) is 24.6 Å². The largest absolute Gasteiger partial charge is 0.394 e. The fourth-order valence-corrected chi connectivity index (χ4v) is 2.10. The maximum Gasteiger partial charge on any atom is 0.346 e. The van der Waals surface area contributed by atoms with Gasteiger partial charge in [-0.15, -0.1) is 0 Å². The number of hydrogen-bond acceptors (Lipinski definition) is 8. The number of aliphatic hydroxyl groups excluding tert-OH is 4. The summed E-state index contributed by atoms with van der Waals surface area (Å²) < 4.78 is 4.54. The molecule has 1 aliphatic rings. The van der Waals surface area contributed by atoms with Gasteiger partial charge in [0.25, 0.3) is 5.91 Å². The minimum Gasteiger partial charge on any atom is -0.394 e. The quantitative estimate of drug-likeness (QED) is 0.380. The zero-order chi connectivity index (χ0) is 19.1. The number of amides is 1. The SMILES string of the molecule is O=C(Nc1cc[nH]c(=O)n1)c1ccccc1.OC[C@H]1O[C@@H](O)[C@@H](O)[C@@H]1O. The number of aliphatic hydroxyl groups is 4. The molecule has 26 heavy (non-hydrogen) atoms. The Balaban J connectivity index is 0.000000209. The molecule has 1 aromatic carbocycles. The van der Waals surface area contributed by atoms with Gasteiger partial charge in [0.1, 0.15) is 24.1 Å². The lowest BCUT2D eigenvalue weighted by Crippen LogP contribution is -2.33. The second-order valence-corrected chi connectivity index (χ2v) is 5.33. The third-order valence-electron chi connectivity index (χ3n) is 3.46. The van der Waals surface area contributed by atoms with Crippen molar-refractivity contribution in [2.24, 2.45) is 0 Å². The van der Waals surface area contributed by atoms with Crippen molar-refractivity contribution in [1.29, 1.82) is 0 Å². The number of benzene rings is 1. The molecule has 2 heterocycles. The summed E-state index contributed by atoms with van der Waals surface area (Å²) in [5, 5.41) is 37.5. The minimum absolute atomic E-state index is 0.234. The second kappa shape index (κ2) is 9.17. The van der Waals surface area contributed by atoms with Crippen LogP contribution in [-0.2, 0) is 4.74 Å². The van der Waals surface area contributed by atoms with Gasteiger partial charge in [-0.05, 0) is 18.2 Å². The maximum atomic E-state index is 11.7. The molecule has 0 aliphatic carbocycles. The second-order valence-electron chi connectivity index (χ2n) is 5.33. The molecule has 1 amide bonds. The van der Waals surface area contributed by atoms with E-state index in [1.165, 1.54) is 12.3 Å². The smallest absolute Gasteiger partial charge is 0.346 e. The van der Waals surface area contributed by atoms with Gasteiger partial charge < -0.3 is 35.5 Å². The first-order chi connectivity index (χ1) is 12.4. The Morgan fingerprint density at radius 1 is 1.15 bits per heavy atom. The van der Waals surface area contributed by atoms with E-state index in [4.69, 9.17) is 20.4 Å². The number of nitrogens with zero attached hydrogens (tertiary/aromatic N) is 1. The van der Waals surface area contributed by atoms with Crippen LogP contribution in [0.25, 0.3) is 0 Å². The number of hydrogen-bond donors (Lipinski definition) is 6. The number of nitrogens with one attached hydrogen (secondary N) is 2. The third kappa shape index (κ3) is 5.18. The summed E-state index contributed by atoms with van der Waals surface area (Å²) in [5.41, 5.74) is 0.0236. The highest BCUT2D eigenvalue weighted by Gasteiger charge is 2.41. The van der Waals surface area contributed by atoms with Crippen LogP contribution in [0.1, 0.15) is 10.4 Å². The molecule has 2 aromatic rings. The first kappa shape index (κ1) is 19.7. The molecule has 0 saturated carbocycles. The van der Waals surface area contributed by atoms with E-state index in [2.05, 4.69) is 20.0 Å². The van der Waals surface area contributed by atoms with Crippen LogP contribution in [0.2, 0.25) is 0 Å². The maximum absolute atomic E-state index is 11.7. The van der Waals surface area contributed by atoms with Crippen molar-refractivity contribution in [2.75, 3.05) is 11.9 Å². The lowest BCUT2D eigenvalue weighted by atomic mass is 10.1. The summed E-state index contributed by atoms with van der Waals surface area (Å²) in [6, 6.07) is 10.2. The van der Waals surface area contributed by atoms with Gasteiger partial charge in [-0.3, -0.25) is 4.79 Å². The Hall–Kier alpha value is -2.63.